The van der Waals surface area contributed by atoms with Gasteiger partial charge in [0, 0.05) is 46.3 Å². The number of benzene rings is 3. The Bertz CT molecular complexity index is 1390. The second-order valence-electron chi connectivity index (χ2n) is 9.79. The number of rotatable bonds is 7. The van der Waals surface area contributed by atoms with E-state index in [0.29, 0.717) is 41.3 Å². The van der Waals surface area contributed by atoms with Crippen molar-refractivity contribution in [2.24, 2.45) is 10.9 Å². The molecule has 5 nitrogen and oxygen atoms in total. The summed E-state index contributed by atoms with van der Waals surface area (Å²) in [6.07, 6.45) is 1.57. The lowest BCUT2D eigenvalue weighted by atomic mass is 9.69. The van der Waals surface area contributed by atoms with E-state index in [1.165, 1.54) is 0 Å². The molecule has 1 aliphatic heterocycles. The summed E-state index contributed by atoms with van der Waals surface area (Å²) in [6, 6.07) is 25.1. The number of allylic oxidation sites excluding steroid dienone is 2. The second-order valence-corrected chi connectivity index (χ2v) is 10.2. The van der Waals surface area contributed by atoms with Crippen LogP contribution in [0.2, 0.25) is 5.02 Å². The summed E-state index contributed by atoms with van der Waals surface area (Å²) in [4.78, 5) is 32.2. The van der Waals surface area contributed by atoms with E-state index in [-0.39, 0.29) is 24.3 Å². The molecule has 0 saturated carbocycles. The van der Waals surface area contributed by atoms with Crippen LogP contribution in [0.25, 0.3) is 0 Å². The lowest BCUT2D eigenvalue weighted by Crippen LogP contribution is -2.38. The Morgan fingerprint density at radius 3 is 2.42 bits per heavy atom. The van der Waals surface area contributed by atoms with Crippen LogP contribution in [0.15, 0.2) is 95.1 Å². The molecule has 0 amide bonds. The highest BCUT2D eigenvalue weighted by molar-refractivity contribution is 6.30. The minimum absolute atomic E-state index is 0.000409. The van der Waals surface area contributed by atoms with Gasteiger partial charge in [-0.05, 0) is 48.6 Å². The van der Waals surface area contributed by atoms with Crippen molar-refractivity contribution in [3.8, 4) is 5.75 Å². The zero-order valence-electron chi connectivity index (χ0n) is 21.5. The monoisotopic (exact) mass is 527 g/mol. The van der Waals surface area contributed by atoms with Crippen LogP contribution < -0.4 is 4.74 Å². The van der Waals surface area contributed by atoms with Gasteiger partial charge in [-0.1, -0.05) is 72.3 Å². The molecule has 1 aliphatic carbocycles. The first-order valence-electron chi connectivity index (χ1n) is 12.9. The molecule has 3 aromatic carbocycles. The molecule has 0 N–H and O–H groups in total. The number of hydrogen-bond acceptors (Lipinski definition) is 5. The Hall–Kier alpha value is -3.70. The zero-order valence-corrected chi connectivity index (χ0v) is 22.3. The van der Waals surface area contributed by atoms with Crippen LogP contribution in [0.4, 0.5) is 0 Å². The van der Waals surface area contributed by atoms with Gasteiger partial charge in [0.2, 0.25) is 0 Å². The molecule has 2 aliphatic rings. The Morgan fingerprint density at radius 1 is 0.974 bits per heavy atom. The normalized spacial score (nSPS) is 21.0. The number of carbonyl (C=O) groups excluding carboxylic acids is 2. The van der Waals surface area contributed by atoms with Gasteiger partial charge in [0.05, 0.1) is 13.7 Å². The van der Waals surface area contributed by atoms with Crippen LogP contribution in [0.3, 0.4) is 0 Å². The fraction of sp³-hybridized carbons (Fsp3) is 0.281. The summed E-state index contributed by atoms with van der Waals surface area (Å²) in [5, 5.41) is 0.659. The fourth-order valence-corrected chi connectivity index (χ4v) is 5.72. The van der Waals surface area contributed by atoms with E-state index < -0.39 is 11.8 Å². The minimum atomic E-state index is -0.711. The van der Waals surface area contributed by atoms with Gasteiger partial charge in [-0.2, -0.15) is 0 Å². The highest BCUT2D eigenvalue weighted by Gasteiger charge is 2.45. The number of halogens is 1. The number of ether oxygens (including phenoxy) is 2. The maximum absolute atomic E-state index is 13.8. The van der Waals surface area contributed by atoms with Crippen LogP contribution in [0.1, 0.15) is 48.3 Å². The van der Waals surface area contributed by atoms with E-state index in [9.17, 15) is 9.59 Å². The van der Waals surface area contributed by atoms with Gasteiger partial charge in [0.15, 0.2) is 5.78 Å². The molecular formula is C32H30ClNO4. The number of nitrogens with zero attached hydrogens (tertiary/aromatic N) is 1. The average molecular weight is 528 g/mol. The molecule has 5 rings (SSSR count). The molecule has 0 spiro atoms. The number of ketones is 1. The van der Waals surface area contributed by atoms with Crippen LogP contribution >= 0.6 is 11.6 Å². The van der Waals surface area contributed by atoms with E-state index in [0.717, 1.165) is 22.4 Å². The molecule has 3 atom stereocenters. The van der Waals surface area contributed by atoms with Crippen molar-refractivity contribution >= 4 is 29.1 Å². The lowest BCUT2D eigenvalue weighted by molar-refractivity contribution is -0.146. The molecular weight excluding hydrogens is 498 g/mol. The van der Waals surface area contributed by atoms with Gasteiger partial charge < -0.3 is 9.47 Å². The Morgan fingerprint density at radius 2 is 1.68 bits per heavy atom. The third-order valence-corrected chi connectivity index (χ3v) is 7.69. The average Bonchev–Trinajstić information content (AvgIpc) is 2.93. The molecule has 1 unspecified atom stereocenters. The first-order chi connectivity index (χ1) is 18.5. The largest absolute Gasteiger partial charge is 0.496 e. The van der Waals surface area contributed by atoms with Crippen LogP contribution in [0.5, 0.6) is 5.75 Å². The number of esters is 1. The van der Waals surface area contributed by atoms with Crippen molar-refractivity contribution < 1.29 is 19.1 Å². The van der Waals surface area contributed by atoms with Crippen molar-refractivity contribution in [2.75, 3.05) is 13.7 Å². The summed E-state index contributed by atoms with van der Waals surface area (Å²) in [5.74, 6) is -0.979. The minimum Gasteiger partial charge on any atom is -0.496 e. The van der Waals surface area contributed by atoms with E-state index in [2.05, 4.69) is 0 Å². The van der Waals surface area contributed by atoms with Gasteiger partial charge in [0.1, 0.15) is 11.7 Å². The van der Waals surface area contributed by atoms with Gasteiger partial charge >= 0.3 is 5.97 Å². The number of hydrogen-bond donors (Lipinski definition) is 0. The lowest BCUT2D eigenvalue weighted by Gasteiger charge is -2.37. The number of aliphatic imine (C=N–C) groups is 1. The first-order valence-corrected chi connectivity index (χ1v) is 13.2. The molecule has 0 saturated heterocycles. The quantitative estimate of drug-likeness (QED) is 0.320. The Labute approximate surface area is 228 Å². The predicted octanol–water partition coefficient (Wildman–Crippen LogP) is 6.71. The van der Waals surface area contributed by atoms with Crippen LogP contribution in [0, 0.1) is 5.92 Å². The van der Waals surface area contributed by atoms with Gasteiger partial charge in [-0.15, -0.1) is 0 Å². The van der Waals surface area contributed by atoms with Crippen molar-refractivity contribution in [3.05, 3.63) is 112 Å². The first kappa shape index (κ1) is 25.9. The molecule has 194 valence electrons. The molecule has 0 radical (unpaired) electrons. The number of Topliss-reactive ketones (excluding diaryl/α,β-unsaturated/α-hetero) is 1. The topological polar surface area (TPSA) is 65.0 Å². The van der Waals surface area contributed by atoms with Crippen LogP contribution in [-0.4, -0.2) is 31.2 Å². The zero-order chi connectivity index (χ0) is 26.6. The summed E-state index contributed by atoms with van der Waals surface area (Å²) in [6.45, 7) is 2.11. The van der Waals surface area contributed by atoms with Crippen molar-refractivity contribution in [3.63, 3.8) is 0 Å². The number of methoxy groups -OCH3 is 1. The van der Waals surface area contributed by atoms with Crippen molar-refractivity contribution in [1.29, 1.82) is 0 Å². The molecule has 3 aromatic rings. The standard InChI is InChI=1S/C32H30ClNO4/c1-20-29(32(36)38-17-16-21-8-4-3-5-9-21)30(25-10-6-7-11-28(25)37-2)31-26(34-20)18-23(19-27(31)35)22-12-14-24(33)15-13-22/h3-15,23,29-30H,16-19H2,1-2H3/t23-,29?,30-/m1/s1. The molecule has 38 heavy (non-hydrogen) atoms. The van der Waals surface area contributed by atoms with E-state index >= 15 is 0 Å². The maximum atomic E-state index is 13.8. The number of para-hydroxylation sites is 1. The molecule has 0 aromatic heterocycles. The predicted molar refractivity (Wildman–Crippen MR) is 149 cm³/mol. The molecule has 6 heteroatoms. The second kappa shape index (κ2) is 11.4. The van der Waals surface area contributed by atoms with E-state index in [1.807, 2.05) is 85.8 Å². The van der Waals surface area contributed by atoms with Gasteiger partial charge in [0.25, 0.3) is 0 Å². The smallest absolute Gasteiger partial charge is 0.315 e. The SMILES string of the molecule is COc1ccccc1[C@H]1C2=C(C[C@@H](c3ccc(Cl)cc3)CC2=O)N=C(C)C1C(=O)OCCc1ccccc1. The summed E-state index contributed by atoms with van der Waals surface area (Å²) in [5.41, 5.74) is 4.92. The third-order valence-electron chi connectivity index (χ3n) is 7.44. The van der Waals surface area contributed by atoms with Crippen LogP contribution in [-0.2, 0) is 20.7 Å². The summed E-state index contributed by atoms with van der Waals surface area (Å²) in [7, 11) is 1.60. The Balaban J connectivity index is 1.49. The highest BCUT2D eigenvalue weighted by atomic mass is 35.5. The molecule has 0 fully saturated rings. The number of carbonyl (C=O) groups is 2. The van der Waals surface area contributed by atoms with E-state index in [1.54, 1.807) is 7.11 Å². The summed E-state index contributed by atoms with van der Waals surface area (Å²) < 4.78 is 11.5. The van der Waals surface area contributed by atoms with Crippen molar-refractivity contribution in [1.82, 2.24) is 0 Å². The highest BCUT2D eigenvalue weighted by Crippen LogP contribution is 2.48. The maximum Gasteiger partial charge on any atom is 0.315 e. The Kier molecular flexibility index (Phi) is 7.75. The van der Waals surface area contributed by atoms with Gasteiger partial charge in [-0.3, -0.25) is 14.6 Å². The fourth-order valence-electron chi connectivity index (χ4n) is 5.60. The third kappa shape index (κ3) is 5.30. The summed E-state index contributed by atoms with van der Waals surface area (Å²) >= 11 is 6.09. The van der Waals surface area contributed by atoms with E-state index in [4.69, 9.17) is 26.1 Å². The van der Waals surface area contributed by atoms with Gasteiger partial charge in [-0.25, -0.2) is 0 Å². The molecule has 0 bridgehead atoms. The van der Waals surface area contributed by atoms with Crippen molar-refractivity contribution in [2.45, 2.75) is 38.0 Å². The molecule has 1 heterocycles.